The molecule has 0 saturated heterocycles. The smallest absolute Gasteiger partial charge is 0.306 e. The van der Waals surface area contributed by atoms with Gasteiger partial charge in [-0.25, -0.2) is 4.98 Å². The molecule has 1 aromatic heterocycles. The molecule has 0 spiro atoms. The van der Waals surface area contributed by atoms with Crippen molar-refractivity contribution >= 4 is 58.7 Å². The number of esters is 1. The fourth-order valence-electron chi connectivity index (χ4n) is 7.51. The summed E-state index contributed by atoms with van der Waals surface area (Å²) < 4.78 is 5.77. The lowest BCUT2D eigenvalue weighted by Gasteiger charge is -2.37. The van der Waals surface area contributed by atoms with Crippen LogP contribution in [0.5, 0.6) is 0 Å². The van der Waals surface area contributed by atoms with E-state index in [9.17, 15) is 43.5 Å². The highest BCUT2D eigenvalue weighted by atomic mass is 32.1. The van der Waals surface area contributed by atoms with E-state index < -0.39 is 48.0 Å². The van der Waals surface area contributed by atoms with Gasteiger partial charge in [-0.05, 0) is 55.9 Å². The summed E-state index contributed by atoms with van der Waals surface area (Å²) in [5, 5.41) is 20.3. The maximum atomic E-state index is 14.2. The minimum atomic E-state index is -0.963. The van der Waals surface area contributed by atoms with Crippen LogP contribution in [0.4, 0.5) is 0 Å². The third kappa shape index (κ3) is 17.6. The number of aliphatic carboxylic acids is 1. The van der Waals surface area contributed by atoms with Gasteiger partial charge in [-0.15, -0.1) is 11.3 Å². The van der Waals surface area contributed by atoms with Crippen LogP contribution in [0.1, 0.15) is 139 Å². The number of carboxylic acid groups (broad SMARTS) is 1. The van der Waals surface area contributed by atoms with Gasteiger partial charge in [0.05, 0.1) is 5.92 Å². The summed E-state index contributed by atoms with van der Waals surface area (Å²) in [7, 11) is 1.68. The van der Waals surface area contributed by atoms with Gasteiger partial charge in [0.1, 0.15) is 16.7 Å². The fraction of sp³-hybridized carbons (Fsp3) is 0.596. The molecule has 352 valence electrons. The topological polar surface area (TPSA) is 221 Å². The second-order valence-electron chi connectivity index (χ2n) is 17.1. The van der Waals surface area contributed by atoms with Crippen molar-refractivity contribution in [1.29, 1.82) is 0 Å². The number of carbonyl (C=O) groups is 8. The summed E-state index contributed by atoms with van der Waals surface area (Å²) in [4.78, 5) is 108. The third-order valence-corrected chi connectivity index (χ3v) is 12.4. The largest absolute Gasteiger partial charge is 0.481 e. The fourth-order valence-corrected chi connectivity index (χ4v) is 8.35. The zero-order chi connectivity index (χ0) is 47.3. The van der Waals surface area contributed by atoms with E-state index in [1.54, 1.807) is 24.3 Å². The zero-order valence-electron chi connectivity index (χ0n) is 38.4. The van der Waals surface area contributed by atoms with E-state index in [0.717, 1.165) is 16.9 Å². The number of amides is 6. The highest BCUT2D eigenvalue weighted by Crippen LogP contribution is 2.31. The lowest BCUT2D eigenvalue weighted by Crippen LogP contribution is -2.54. The number of imide groups is 1. The maximum Gasteiger partial charge on any atom is 0.306 e. The Balaban J connectivity index is 1.55. The van der Waals surface area contributed by atoms with E-state index >= 15 is 0 Å². The number of carboxylic acids is 1. The van der Waals surface area contributed by atoms with Gasteiger partial charge in [0.2, 0.25) is 17.7 Å². The highest BCUT2D eigenvalue weighted by Gasteiger charge is 2.36. The number of nitrogens with one attached hydrogen (secondary N) is 3. The molecule has 1 aromatic carbocycles. The molecule has 0 saturated carbocycles. The molecule has 0 bridgehead atoms. The van der Waals surface area contributed by atoms with Crippen LogP contribution >= 0.6 is 11.3 Å². The number of carbonyl (C=O) groups excluding carboxylic acids is 7. The summed E-state index contributed by atoms with van der Waals surface area (Å²) in [6.45, 7) is 11.5. The molecule has 17 heteroatoms. The van der Waals surface area contributed by atoms with E-state index in [-0.39, 0.29) is 66.3 Å². The van der Waals surface area contributed by atoms with Gasteiger partial charge in [-0.1, -0.05) is 84.2 Å². The number of hydrogen-bond acceptors (Lipinski definition) is 11. The molecule has 4 unspecified atom stereocenters. The number of unbranched alkanes of at least 4 members (excludes halogenated alkanes) is 4. The van der Waals surface area contributed by atoms with Crippen molar-refractivity contribution in [3.05, 3.63) is 64.1 Å². The molecule has 0 radical (unpaired) electrons. The van der Waals surface area contributed by atoms with Gasteiger partial charge in [-0.2, -0.15) is 0 Å². The number of benzene rings is 1. The van der Waals surface area contributed by atoms with Crippen molar-refractivity contribution in [2.24, 2.45) is 17.8 Å². The Hall–Kier alpha value is -5.45. The summed E-state index contributed by atoms with van der Waals surface area (Å²) >= 11 is 1.15. The minimum Gasteiger partial charge on any atom is -0.481 e. The number of likely N-dealkylation sites (N-methyl/N-ethyl adjacent to an activating group) is 1. The van der Waals surface area contributed by atoms with Crippen molar-refractivity contribution in [2.75, 3.05) is 20.1 Å². The Bertz CT molecular complexity index is 1900. The molecule has 2 heterocycles. The zero-order valence-corrected chi connectivity index (χ0v) is 39.2. The molecule has 3 rings (SSSR count). The van der Waals surface area contributed by atoms with Gasteiger partial charge in [0, 0.05) is 75.9 Å². The number of ether oxygens (including phenoxy) is 1. The second-order valence-corrected chi connectivity index (χ2v) is 18.0. The SMILES string of the molecule is CC[C@H](C)[C@H](NC(=O)CCCCCNC(=O)CCCCCN1C(=O)C=CC1=O)C(=O)N(C)C(CC(OC(C)=O)c1nc(C(=O)NC(Cc2ccccc2)CC(C)C(=O)O)cs1)C(C)C. The average molecular weight is 909 g/mol. The predicted molar refractivity (Wildman–Crippen MR) is 243 cm³/mol. The Morgan fingerprint density at radius 3 is 2.11 bits per heavy atom. The van der Waals surface area contributed by atoms with Gasteiger partial charge in [0.25, 0.3) is 17.7 Å². The predicted octanol–water partition coefficient (Wildman–Crippen LogP) is 5.77. The number of rotatable bonds is 29. The molecular weight excluding hydrogens is 841 g/mol. The molecule has 16 nitrogen and oxygen atoms in total. The van der Waals surface area contributed by atoms with Crippen molar-refractivity contribution in [1.82, 2.24) is 30.7 Å². The Morgan fingerprint density at radius 2 is 1.50 bits per heavy atom. The van der Waals surface area contributed by atoms with Crippen molar-refractivity contribution in [3.63, 3.8) is 0 Å². The van der Waals surface area contributed by atoms with E-state index in [2.05, 4.69) is 20.9 Å². The van der Waals surface area contributed by atoms with Crippen LogP contribution in [0.3, 0.4) is 0 Å². The van der Waals surface area contributed by atoms with Gasteiger partial charge < -0.3 is 30.7 Å². The van der Waals surface area contributed by atoms with E-state index in [4.69, 9.17) is 4.74 Å². The standard InChI is InChI=1S/C47H68N6O10S/c1-8-31(4)43(51-40(56)21-14-10-16-24-48-39(55)20-15-11-17-25-53-41(57)22-23-42(53)58)46(60)52(7)37(30(2)3)28-38(63-33(6)54)45-50-36(29-64-45)44(59)49-35(26-32(5)47(61)62)27-34-18-12-9-13-19-34/h9,12-13,18-19,22-23,29-32,35,37-38,43H,8,10-11,14-17,20-21,24-28H2,1-7H3,(H,48,55)(H,49,59)(H,51,56)(H,61,62)/t31-,32?,35?,37?,38?,43-/m0/s1. The molecule has 1 aliphatic rings. The van der Waals surface area contributed by atoms with Crippen molar-refractivity contribution in [2.45, 2.75) is 143 Å². The Labute approximate surface area is 381 Å². The molecule has 2 aromatic rings. The molecule has 4 N–H and O–H groups in total. The second kappa shape index (κ2) is 27.0. The van der Waals surface area contributed by atoms with Crippen LogP contribution in [0.2, 0.25) is 0 Å². The lowest BCUT2D eigenvalue weighted by atomic mass is 9.93. The number of thiazole rings is 1. The first-order valence-electron chi connectivity index (χ1n) is 22.5. The van der Waals surface area contributed by atoms with Crippen molar-refractivity contribution in [3.8, 4) is 0 Å². The molecule has 0 aliphatic carbocycles. The van der Waals surface area contributed by atoms with Crippen molar-refractivity contribution < 1.29 is 48.2 Å². The van der Waals surface area contributed by atoms with Crippen LogP contribution < -0.4 is 16.0 Å². The Kier molecular flexibility index (Phi) is 22.3. The molecular formula is C47H68N6O10S. The highest BCUT2D eigenvalue weighted by molar-refractivity contribution is 7.09. The lowest BCUT2D eigenvalue weighted by molar-refractivity contribution is -0.149. The quantitative estimate of drug-likeness (QED) is 0.0436. The third-order valence-electron chi connectivity index (χ3n) is 11.5. The van der Waals surface area contributed by atoms with Crippen LogP contribution in [0, 0.1) is 17.8 Å². The van der Waals surface area contributed by atoms with Crippen LogP contribution in [0.25, 0.3) is 0 Å². The average Bonchev–Trinajstić information content (AvgIpc) is 3.88. The number of hydrogen-bond donors (Lipinski definition) is 4. The van der Waals surface area contributed by atoms with E-state index in [0.29, 0.717) is 75.9 Å². The maximum absolute atomic E-state index is 14.2. The first-order valence-corrected chi connectivity index (χ1v) is 23.4. The summed E-state index contributed by atoms with van der Waals surface area (Å²) in [6, 6.07) is 7.73. The molecule has 6 atom stereocenters. The van der Waals surface area contributed by atoms with E-state index in [1.807, 2.05) is 58.0 Å². The first kappa shape index (κ1) is 52.9. The number of nitrogens with zero attached hydrogens (tertiary/aromatic N) is 3. The normalized spacial score (nSPS) is 15.2. The molecule has 0 fully saturated rings. The molecule has 64 heavy (non-hydrogen) atoms. The number of aromatic nitrogens is 1. The first-order chi connectivity index (χ1) is 30.4. The van der Waals surface area contributed by atoms with Crippen LogP contribution in [0.15, 0.2) is 47.9 Å². The Morgan fingerprint density at radius 1 is 0.859 bits per heavy atom. The van der Waals surface area contributed by atoms with Gasteiger partial charge in [0.15, 0.2) is 6.10 Å². The van der Waals surface area contributed by atoms with Gasteiger partial charge in [-0.3, -0.25) is 43.3 Å². The van der Waals surface area contributed by atoms with Crippen LogP contribution in [-0.2, 0) is 44.7 Å². The molecule has 6 amide bonds. The summed E-state index contributed by atoms with van der Waals surface area (Å²) in [6.07, 6.45) is 7.60. The van der Waals surface area contributed by atoms with Crippen LogP contribution in [-0.4, -0.2) is 106 Å². The summed E-state index contributed by atoms with van der Waals surface area (Å²) in [5.41, 5.74) is 1.04. The van der Waals surface area contributed by atoms with Gasteiger partial charge >= 0.3 is 11.9 Å². The monoisotopic (exact) mass is 908 g/mol. The minimum absolute atomic E-state index is 0.0706. The van der Waals surface area contributed by atoms with E-state index in [1.165, 1.54) is 24.0 Å². The molecule has 1 aliphatic heterocycles. The summed E-state index contributed by atoms with van der Waals surface area (Å²) in [5.74, 6) is -4.19.